The van der Waals surface area contributed by atoms with Crippen molar-refractivity contribution in [3.05, 3.63) is 90.0 Å². The van der Waals surface area contributed by atoms with Crippen molar-refractivity contribution in [2.75, 3.05) is 11.5 Å². The quantitative estimate of drug-likeness (QED) is 0.435. The number of carbonyl (C=O) groups excluding carboxylic acids is 1. The minimum absolute atomic E-state index is 0.0778. The number of carbonyl (C=O) groups is 1. The molecule has 28 heavy (non-hydrogen) atoms. The van der Waals surface area contributed by atoms with Gasteiger partial charge in [-0.25, -0.2) is 4.98 Å². The molecule has 0 spiro atoms. The molecule has 0 aliphatic heterocycles. The van der Waals surface area contributed by atoms with Crippen molar-refractivity contribution >= 4 is 32.6 Å². The van der Waals surface area contributed by atoms with Gasteiger partial charge in [-0.1, -0.05) is 53.8 Å². The first-order valence-corrected chi connectivity index (χ1v) is 10.0. The summed E-state index contributed by atoms with van der Waals surface area (Å²) in [6.07, 6.45) is 0. The van der Waals surface area contributed by atoms with Gasteiger partial charge >= 0.3 is 0 Å². The zero-order valence-corrected chi connectivity index (χ0v) is 16.4. The van der Waals surface area contributed by atoms with Crippen LogP contribution in [-0.4, -0.2) is 17.5 Å². The molecule has 5 heteroatoms. The van der Waals surface area contributed by atoms with Gasteiger partial charge in [0, 0.05) is 5.56 Å². The summed E-state index contributed by atoms with van der Waals surface area (Å²) in [5, 5.41) is 0.698. The van der Waals surface area contributed by atoms with E-state index >= 15 is 0 Å². The largest absolute Gasteiger partial charge is 0.494 e. The highest BCUT2D eigenvalue weighted by Crippen LogP contribution is 2.31. The molecule has 1 amide bonds. The van der Waals surface area contributed by atoms with Crippen LogP contribution in [-0.2, 0) is 6.54 Å². The van der Waals surface area contributed by atoms with Crippen LogP contribution in [0.3, 0.4) is 0 Å². The normalized spacial score (nSPS) is 10.8. The first kappa shape index (κ1) is 18.2. The fourth-order valence-electron chi connectivity index (χ4n) is 2.98. The van der Waals surface area contributed by atoms with E-state index in [9.17, 15) is 4.79 Å². The van der Waals surface area contributed by atoms with Gasteiger partial charge in [0.1, 0.15) is 5.75 Å². The summed E-state index contributed by atoms with van der Waals surface area (Å²) >= 11 is 1.53. The van der Waals surface area contributed by atoms with Crippen LogP contribution in [0.25, 0.3) is 10.2 Å². The number of aromatic nitrogens is 1. The maximum absolute atomic E-state index is 13.3. The number of thiazole rings is 1. The maximum atomic E-state index is 13.3. The van der Waals surface area contributed by atoms with Crippen molar-refractivity contribution in [2.45, 2.75) is 13.5 Å². The number of nitrogens with zero attached hydrogens (tertiary/aromatic N) is 2. The summed E-state index contributed by atoms with van der Waals surface area (Å²) in [6, 6.07) is 25.2. The topological polar surface area (TPSA) is 42.4 Å². The molecular weight excluding hydrogens is 368 g/mol. The van der Waals surface area contributed by atoms with Crippen LogP contribution in [0.1, 0.15) is 22.8 Å². The number of fused-ring (bicyclic) bond motifs is 1. The second-order valence-electron chi connectivity index (χ2n) is 6.30. The highest BCUT2D eigenvalue weighted by Gasteiger charge is 2.21. The molecule has 0 radical (unpaired) electrons. The molecule has 1 heterocycles. The molecule has 0 aliphatic rings. The molecule has 0 saturated heterocycles. The van der Waals surface area contributed by atoms with Gasteiger partial charge in [-0.3, -0.25) is 9.69 Å². The smallest absolute Gasteiger partial charge is 0.260 e. The maximum Gasteiger partial charge on any atom is 0.260 e. The number of anilines is 1. The van der Waals surface area contributed by atoms with E-state index in [0.29, 0.717) is 23.8 Å². The number of ether oxygens (including phenoxy) is 1. The lowest BCUT2D eigenvalue weighted by molar-refractivity contribution is 0.0985. The third-order valence-corrected chi connectivity index (χ3v) is 5.41. The number of benzene rings is 3. The average Bonchev–Trinajstić information content (AvgIpc) is 3.17. The zero-order chi connectivity index (χ0) is 19.3. The molecule has 4 nitrogen and oxygen atoms in total. The van der Waals surface area contributed by atoms with Crippen molar-refractivity contribution < 1.29 is 9.53 Å². The van der Waals surface area contributed by atoms with Crippen LogP contribution in [0.2, 0.25) is 0 Å². The summed E-state index contributed by atoms with van der Waals surface area (Å²) in [4.78, 5) is 19.8. The Morgan fingerprint density at radius 3 is 2.39 bits per heavy atom. The minimum atomic E-state index is -0.0778. The molecule has 0 unspecified atom stereocenters. The molecule has 4 rings (SSSR count). The number of amides is 1. The number of rotatable bonds is 6. The van der Waals surface area contributed by atoms with Crippen LogP contribution >= 0.6 is 11.3 Å². The second kappa shape index (κ2) is 8.23. The van der Waals surface area contributed by atoms with Gasteiger partial charge in [0.15, 0.2) is 5.13 Å². The summed E-state index contributed by atoms with van der Waals surface area (Å²) < 4.78 is 6.55. The molecule has 1 aromatic heterocycles. The van der Waals surface area contributed by atoms with Crippen molar-refractivity contribution in [3.63, 3.8) is 0 Å². The van der Waals surface area contributed by atoms with Crippen molar-refractivity contribution in [1.82, 2.24) is 4.98 Å². The third kappa shape index (κ3) is 3.89. The molecule has 4 aromatic rings. The van der Waals surface area contributed by atoms with Gasteiger partial charge in [-0.2, -0.15) is 0 Å². The van der Waals surface area contributed by atoms with E-state index in [1.165, 1.54) is 11.3 Å². The van der Waals surface area contributed by atoms with E-state index < -0.39 is 0 Å². The second-order valence-corrected chi connectivity index (χ2v) is 7.31. The fourth-order valence-corrected chi connectivity index (χ4v) is 3.95. The Balaban J connectivity index is 1.70. The third-order valence-electron chi connectivity index (χ3n) is 4.35. The molecule has 0 N–H and O–H groups in total. The monoisotopic (exact) mass is 388 g/mol. The Morgan fingerprint density at radius 2 is 1.68 bits per heavy atom. The molecule has 0 aliphatic carbocycles. The summed E-state index contributed by atoms with van der Waals surface area (Å²) in [5.74, 6) is 0.680. The van der Waals surface area contributed by atoms with Gasteiger partial charge in [0.25, 0.3) is 5.91 Å². The predicted molar refractivity (Wildman–Crippen MR) is 114 cm³/mol. The summed E-state index contributed by atoms with van der Waals surface area (Å²) in [5.41, 5.74) is 2.57. The lowest BCUT2D eigenvalue weighted by atomic mass is 10.1. The lowest BCUT2D eigenvalue weighted by Crippen LogP contribution is -2.30. The van der Waals surface area contributed by atoms with E-state index in [4.69, 9.17) is 9.72 Å². The van der Waals surface area contributed by atoms with E-state index in [1.807, 2.05) is 73.7 Å². The molecular formula is C23H20N2O2S. The Labute approximate surface area is 168 Å². The number of hydrogen-bond donors (Lipinski definition) is 0. The molecule has 0 saturated carbocycles. The van der Waals surface area contributed by atoms with E-state index in [-0.39, 0.29) is 5.91 Å². The zero-order valence-electron chi connectivity index (χ0n) is 15.5. The van der Waals surface area contributed by atoms with Crippen LogP contribution in [0, 0.1) is 0 Å². The van der Waals surface area contributed by atoms with E-state index in [1.54, 1.807) is 17.0 Å². The average molecular weight is 388 g/mol. The van der Waals surface area contributed by atoms with Gasteiger partial charge in [-0.05, 0) is 48.9 Å². The highest BCUT2D eigenvalue weighted by atomic mass is 32.1. The van der Waals surface area contributed by atoms with E-state index in [2.05, 4.69) is 0 Å². The Morgan fingerprint density at radius 1 is 0.964 bits per heavy atom. The van der Waals surface area contributed by atoms with Gasteiger partial charge in [0.05, 0.1) is 23.4 Å². The van der Waals surface area contributed by atoms with Gasteiger partial charge in [0.2, 0.25) is 0 Å². The summed E-state index contributed by atoms with van der Waals surface area (Å²) in [6.45, 7) is 3.00. The highest BCUT2D eigenvalue weighted by molar-refractivity contribution is 7.22. The molecule has 0 fully saturated rings. The lowest BCUT2D eigenvalue weighted by Gasteiger charge is -2.20. The van der Waals surface area contributed by atoms with Crippen molar-refractivity contribution in [3.8, 4) is 5.75 Å². The predicted octanol–water partition coefficient (Wildman–Crippen LogP) is 5.54. The Hall–Kier alpha value is -3.18. The van der Waals surface area contributed by atoms with Crippen LogP contribution in [0.15, 0.2) is 78.9 Å². The fraction of sp³-hybridized carbons (Fsp3) is 0.130. The first-order valence-electron chi connectivity index (χ1n) is 9.19. The number of para-hydroxylation sites is 1. The van der Waals surface area contributed by atoms with Crippen LogP contribution in [0.5, 0.6) is 5.75 Å². The Bertz CT molecular complexity index is 1040. The molecule has 0 bridgehead atoms. The van der Waals surface area contributed by atoms with E-state index in [0.717, 1.165) is 21.5 Å². The molecule has 3 aromatic carbocycles. The van der Waals surface area contributed by atoms with Crippen LogP contribution < -0.4 is 9.64 Å². The van der Waals surface area contributed by atoms with Crippen molar-refractivity contribution in [1.29, 1.82) is 0 Å². The molecule has 0 atom stereocenters. The number of hydrogen-bond acceptors (Lipinski definition) is 4. The van der Waals surface area contributed by atoms with Gasteiger partial charge in [-0.15, -0.1) is 0 Å². The Kier molecular flexibility index (Phi) is 5.35. The van der Waals surface area contributed by atoms with Crippen molar-refractivity contribution in [2.24, 2.45) is 0 Å². The van der Waals surface area contributed by atoms with Crippen LogP contribution in [0.4, 0.5) is 5.13 Å². The SMILES string of the molecule is CCOc1ccc(C(=O)N(Cc2ccccc2)c2nc3ccccc3s2)cc1. The molecule has 140 valence electrons. The standard InChI is InChI=1S/C23H20N2O2S/c1-2-27-19-14-12-18(13-15-19)22(26)25(16-17-8-4-3-5-9-17)23-24-20-10-6-7-11-21(20)28-23/h3-15H,2,16H2,1H3. The summed E-state index contributed by atoms with van der Waals surface area (Å²) in [7, 11) is 0. The first-order chi connectivity index (χ1) is 13.7. The minimum Gasteiger partial charge on any atom is -0.494 e. The van der Waals surface area contributed by atoms with Gasteiger partial charge < -0.3 is 4.74 Å².